The standard InChI is InChI=1S/C25H25N9O6/c1-2-3-6-34-24-18(22(26)29-12-30-24)19(31-34)20-17(21(40-32-20)13-4-5-13)23-27-7-14(8-28-23)39-15-9-33(10-15)25(37)38-11-16(35)36/h2,7-8,12-13,15H,1,3-6,9-11H2,(H,35,36)(H2,26,29,30). The SMILES string of the molecule is C=CCCn1nc(-c2noc(C3CC3)c2-c2ncc(OC3CN(C(=O)OCC(=O)O)C3)cn2)c2c(N)ncnc21. The van der Waals surface area contributed by atoms with E-state index in [0.29, 0.717) is 58.3 Å². The van der Waals surface area contributed by atoms with Gasteiger partial charge in [-0.1, -0.05) is 11.2 Å². The summed E-state index contributed by atoms with van der Waals surface area (Å²) in [6, 6.07) is 0. The summed E-state index contributed by atoms with van der Waals surface area (Å²) in [5.74, 6) is 0.753. The van der Waals surface area contributed by atoms with Gasteiger partial charge in [-0.2, -0.15) is 5.10 Å². The number of hydrogen-bond donors (Lipinski definition) is 2. The molecule has 2 aliphatic rings. The third kappa shape index (κ3) is 4.76. The van der Waals surface area contributed by atoms with Crippen molar-refractivity contribution in [3.63, 3.8) is 0 Å². The second-order valence-corrected chi connectivity index (χ2v) is 9.49. The fourth-order valence-electron chi connectivity index (χ4n) is 4.45. The Morgan fingerprint density at radius 2 is 1.95 bits per heavy atom. The minimum Gasteiger partial charge on any atom is -0.483 e. The molecule has 3 N–H and O–H groups in total. The Morgan fingerprint density at radius 1 is 1.18 bits per heavy atom. The van der Waals surface area contributed by atoms with Crippen LogP contribution in [0.3, 0.4) is 0 Å². The van der Waals surface area contributed by atoms with Crippen LogP contribution in [0.15, 0.2) is 35.9 Å². The van der Waals surface area contributed by atoms with Crippen molar-refractivity contribution in [1.29, 1.82) is 0 Å². The molecule has 15 nitrogen and oxygen atoms in total. The van der Waals surface area contributed by atoms with Gasteiger partial charge >= 0.3 is 12.1 Å². The van der Waals surface area contributed by atoms with Crippen molar-refractivity contribution in [2.75, 3.05) is 25.4 Å². The normalized spacial score (nSPS) is 15.2. The zero-order chi connectivity index (χ0) is 27.8. The summed E-state index contributed by atoms with van der Waals surface area (Å²) in [4.78, 5) is 41.4. The van der Waals surface area contributed by atoms with E-state index in [-0.39, 0.29) is 30.9 Å². The molecule has 206 valence electrons. The fraction of sp³-hybridized carbons (Fsp3) is 0.360. The number of aryl methyl sites for hydroxylation is 1. The average molecular weight is 548 g/mol. The van der Waals surface area contributed by atoms with Crippen LogP contribution >= 0.6 is 0 Å². The molecule has 5 heterocycles. The number of carboxylic acid groups (broad SMARTS) is 1. The molecule has 0 atom stereocenters. The monoisotopic (exact) mass is 547 g/mol. The van der Waals surface area contributed by atoms with Crippen molar-refractivity contribution in [3.8, 4) is 28.5 Å². The van der Waals surface area contributed by atoms with Gasteiger partial charge in [0.15, 0.2) is 29.6 Å². The third-order valence-corrected chi connectivity index (χ3v) is 6.57. The highest BCUT2D eigenvalue weighted by Gasteiger charge is 2.36. The first-order valence-corrected chi connectivity index (χ1v) is 12.6. The number of rotatable bonds is 10. The first-order valence-electron chi connectivity index (χ1n) is 12.6. The second-order valence-electron chi connectivity index (χ2n) is 9.49. The fourth-order valence-corrected chi connectivity index (χ4v) is 4.45. The van der Waals surface area contributed by atoms with Crippen LogP contribution in [-0.4, -0.2) is 82.7 Å². The maximum absolute atomic E-state index is 11.8. The van der Waals surface area contributed by atoms with E-state index in [9.17, 15) is 9.59 Å². The lowest BCUT2D eigenvalue weighted by atomic mass is 10.1. The van der Waals surface area contributed by atoms with Crippen LogP contribution in [0.4, 0.5) is 10.6 Å². The van der Waals surface area contributed by atoms with E-state index in [0.717, 1.165) is 12.8 Å². The van der Waals surface area contributed by atoms with Crippen LogP contribution < -0.4 is 10.5 Å². The second kappa shape index (κ2) is 10.2. The number of hydrogen-bond acceptors (Lipinski definition) is 12. The lowest BCUT2D eigenvalue weighted by Crippen LogP contribution is -2.56. The maximum Gasteiger partial charge on any atom is 0.410 e. The number of aliphatic carboxylic acids is 1. The van der Waals surface area contributed by atoms with E-state index in [1.807, 2.05) is 0 Å². The van der Waals surface area contributed by atoms with Crippen LogP contribution in [0.5, 0.6) is 5.75 Å². The first-order chi connectivity index (χ1) is 19.4. The summed E-state index contributed by atoms with van der Waals surface area (Å²) in [5.41, 5.74) is 8.40. The molecule has 0 bridgehead atoms. The van der Waals surface area contributed by atoms with Crippen molar-refractivity contribution in [1.82, 2.24) is 39.8 Å². The van der Waals surface area contributed by atoms with E-state index in [1.165, 1.54) is 11.2 Å². The van der Waals surface area contributed by atoms with Crippen LogP contribution in [0.25, 0.3) is 33.8 Å². The number of ether oxygens (including phenoxy) is 2. The van der Waals surface area contributed by atoms with Gasteiger partial charge in [0, 0.05) is 12.5 Å². The molecular formula is C25H25N9O6. The number of nitrogens with two attached hydrogens (primary N) is 1. The topological polar surface area (TPSA) is 198 Å². The highest BCUT2D eigenvalue weighted by molar-refractivity contribution is 6.00. The molecule has 4 aromatic rings. The van der Waals surface area contributed by atoms with Crippen LogP contribution in [0.1, 0.15) is 30.9 Å². The number of aromatic nitrogens is 7. The van der Waals surface area contributed by atoms with Gasteiger partial charge in [-0.15, -0.1) is 6.58 Å². The Hall–Kier alpha value is -5.08. The van der Waals surface area contributed by atoms with Gasteiger partial charge in [-0.05, 0) is 19.3 Å². The Labute approximate surface area is 226 Å². The molecule has 1 saturated heterocycles. The molecule has 0 aromatic carbocycles. The predicted molar refractivity (Wildman–Crippen MR) is 138 cm³/mol. The average Bonchev–Trinajstić information content (AvgIpc) is 3.57. The lowest BCUT2D eigenvalue weighted by Gasteiger charge is -2.37. The molecule has 1 aliphatic carbocycles. The highest BCUT2D eigenvalue weighted by Crippen LogP contribution is 2.47. The third-order valence-electron chi connectivity index (χ3n) is 6.57. The van der Waals surface area contributed by atoms with E-state index in [1.54, 1.807) is 23.2 Å². The van der Waals surface area contributed by atoms with Crippen LogP contribution in [0.2, 0.25) is 0 Å². The molecule has 6 rings (SSSR count). The zero-order valence-corrected chi connectivity index (χ0v) is 21.3. The van der Waals surface area contributed by atoms with Gasteiger partial charge in [-0.3, -0.25) is 0 Å². The molecule has 2 fully saturated rings. The van der Waals surface area contributed by atoms with Crippen LogP contribution in [0, 0.1) is 0 Å². The number of nitrogen functional groups attached to an aromatic ring is 1. The summed E-state index contributed by atoms with van der Waals surface area (Å²) >= 11 is 0. The number of amides is 1. The summed E-state index contributed by atoms with van der Waals surface area (Å²) in [6.45, 7) is 4.17. The van der Waals surface area contributed by atoms with Crippen molar-refractivity contribution in [3.05, 3.63) is 37.1 Å². The van der Waals surface area contributed by atoms with Gasteiger partial charge in [0.1, 0.15) is 29.6 Å². The van der Waals surface area contributed by atoms with Crippen molar-refractivity contribution >= 4 is 28.9 Å². The summed E-state index contributed by atoms with van der Waals surface area (Å²) in [5, 5.41) is 18.3. The predicted octanol–water partition coefficient (Wildman–Crippen LogP) is 2.26. The van der Waals surface area contributed by atoms with Crippen molar-refractivity contribution in [2.45, 2.75) is 37.8 Å². The van der Waals surface area contributed by atoms with Crippen molar-refractivity contribution in [2.24, 2.45) is 0 Å². The maximum atomic E-state index is 11.8. The number of allylic oxidation sites excluding steroid dienone is 1. The number of carboxylic acids is 1. The van der Waals surface area contributed by atoms with E-state index in [4.69, 9.17) is 25.2 Å². The molecule has 0 unspecified atom stereocenters. The molecule has 40 heavy (non-hydrogen) atoms. The molecular weight excluding hydrogens is 522 g/mol. The van der Waals surface area contributed by atoms with Crippen LogP contribution in [-0.2, 0) is 16.1 Å². The summed E-state index contributed by atoms with van der Waals surface area (Å²) in [7, 11) is 0. The minimum absolute atomic E-state index is 0.209. The van der Waals surface area contributed by atoms with Gasteiger partial charge in [-0.25, -0.2) is 34.2 Å². The molecule has 1 saturated carbocycles. The first kappa shape index (κ1) is 25.2. The smallest absolute Gasteiger partial charge is 0.410 e. The highest BCUT2D eigenvalue weighted by atomic mass is 16.6. The minimum atomic E-state index is -1.22. The molecule has 15 heteroatoms. The van der Waals surface area contributed by atoms with Crippen molar-refractivity contribution < 1.29 is 28.7 Å². The summed E-state index contributed by atoms with van der Waals surface area (Å²) < 4.78 is 18.1. The van der Waals surface area contributed by atoms with Gasteiger partial charge in [0.2, 0.25) is 0 Å². The number of anilines is 1. The number of carbonyl (C=O) groups is 2. The molecule has 0 radical (unpaired) electrons. The summed E-state index contributed by atoms with van der Waals surface area (Å²) in [6.07, 6.45) is 7.90. The Bertz CT molecular complexity index is 1590. The quantitative estimate of drug-likeness (QED) is 0.274. The zero-order valence-electron chi connectivity index (χ0n) is 21.3. The number of carbonyl (C=O) groups excluding carboxylic acids is 1. The largest absolute Gasteiger partial charge is 0.483 e. The van der Waals surface area contributed by atoms with E-state index < -0.39 is 18.7 Å². The molecule has 1 aliphatic heterocycles. The Balaban J connectivity index is 1.26. The number of nitrogens with zero attached hydrogens (tertiary/aromatic N) is 8. The number of fused-ring (bicyclic) bond motifs is 1. The van der Waals surface area contributed by atoms with E-state index in [2.05, 4.69) is 36.4 Å². The Morgan fingerprint density at radius 3 is 2.65 bits per heavy atom. The molecule has 4 aromatic heterocycles. The van der Waals surface area contributed by atoms with Gasteiger partial charge in [0.25, 0.3) is 0 Å². The molecule has 0 spiro atoms. The lowest BCUT2D eigenvalue weighted by molar-refractivity contribution is -0.140. The molecule has 1 amide bonds. The van der Waals surface area contributed by atoms with E-state index >= 15 is 0 Å². The van der Waals surface area contributed by atoms with Gasteiger partial charge < -0.3 is 29.7 Å². The number of likely N-dealkylation sites (tertiary alicyclic amines) is 1. The van der Waals surface area contributed by atoms with Gasteiger partial charge in [0.05, 0.1) is 36.4 Å². The Kier molecular flexibility index (Phi) is 6.45.